The highest BCUT2D eigenvalue weighted by atomic mass is 16.2. The molecule has 2 N–H and O–H groups in total. The quantitative estimate of drug-likeness (QED) is 0.876. The maximum absolute atomic E-state index is 12.0. The number of nitrogens with zero attached hydrogens (tertiary/aromatic N) is 1. The Morgan fingerprint density at radius 2 is 2.26 bits per heavy atom. The van der Waals surface area contributed by atoms with Gasteiger partial charge in [0.05, 0.1) is 11.6 Å². The first kappa shape index (κ1) is 12.1. The van der Waals surface area contributed by atoms with Gasteiger partial charge in [0, 0.05) is 18.1 Å². The molecule has 0 radical (unpaired) electrons. The molecule has 1 aliphatic rings. The summed E-state index contributed by atoms with van der Waals surface area (Å²) in [7, 11) is 0. The van der Waals surface area contributed by atoms with Gasteiger partial charge < -0.3 is 10.6 Å². The number of benzene rings is 1. The van der Waals surface area contributed by atoms with Crippen LogP contribution in [0, 0.1) is 0 Å². The van der Waals surface area contributed by atoms with Crippen LogP contribution in [0.5, 0.6) is 0 Å². The lowest BCUT2D eigenvalue weighted by Crippen LogP contribution is -2.40. The standard InChI is InChI=1S/C15H17N3O/c19-15(13-7-3-8-16-13)18-10-12-5-1-4-11-6-2-9-17-14(11)12/h1-2,4-6,9,13,16H,3,7-8,10H2,(H,18,19). The Kier molecular flexibility index (Phi) is 3.42. The van der Waals surface area contributed by atoms with Gasteiger partial charge in [0.2, 0.25) is 5.91 Å². The number of nitrogens with one attached hydrogen (secondary N) is 2. The first-order valence-corrected chi connectivity index (χ1v) is 6.68. The summed E-state index contributed by atoms with van der Waals surface area (Å²) in [6, 6.07) is 9.98. The van der Waals surface area contributed by atoms with Crippen molar-refractivity contribution in [1.82, 2.24) is 15.6 Å². The molecule has 1 aromatic heterocycles. The van der Waals surface area contributed by atoms with E-state index in [1.165, 1.54) is 0 Å². The van der Waals surface area contributed by atoms with E-state index in [2.05, 4.69) is 15.6 Å². The molecule has 1 aromatic carbocycles. The Morgan fingerprint density at radius 3 is 3.11 bits per heavy atom. The molecule has 98 valence electrons. The van der Waals surface area contributed by atoms with E-state index in [9.17, 15) is 4.79 Å². The van der Waals surface area contributed by atoms with Crippen molar-refractivity contribution in [2.24, 2.45) is 0 Å². The SMILES string of the molecule is O=C(NCc1cccc2cccnc12)C1CCCN1. The predicted octanol–water partition coefficient (Wildman–Crippen LogP) is 1.60. The number of amides is 1. The van der Waals surface area contributed by atoms with Gasteiger partial charge in [-0.15, -0.1) is 0 Å². The van der Waals surface area contributed by atoms with Crippen LogP contribution >= 0.6 is 0 Å². The molecule has 0 aliphatic carbocycles. The molecule has 0 bridgehead atoms. The Bertz CT molecular complexity index is 585. The molecular weight excluding hydrogens is 238 g/mol. The summed E-state index contributed by atoms with van der Waals surface area (Å²) in [5.41, 5.74) is 2.02. The van der Waals surface area contributed by atoms with Crippen LogP contribution in [0.25, 0.3) is 10.9 Å². The number of fused-ring (bicyclic) bond motifs is 1. The van der Waals surface area contributed by atoms with Crippen LogP contribution in [0.4, 0.5) is 0 Å². The van der Waals surface area contributed by atoms with E-state index < -0.39 is 0 Å². The highest BCUT2D eigenvalue weighted by Crippen LogP contribution is 2.15. The van der Waals surface area contributed by atoms with Gasteiger partial charge in [-0.1, -0.05) is 24.3 Å². The van der Waals surface area contributed by atoms with Crippen LogP contribution in [0.3, 0.4) is 0 Å². The van der Waals surface area contributed by atoms with E-state index >= 15 is 0 Å². The summed E-state index contributed by atoms with van der Waals surface area (Å²) in [5, 5.41) is 7.30. The zero-order valence-corrected chi connectivity index (χ0v) is 10.7. The van der Waals surface area contributed by atoms with Gasteiger partial charge in [-0.05, 0) is 31.0 Å². The van der Waals surface area contributed by atoms with Crippen molar-refractivity contribution >= 4 is 16.8 Å². The van der Waals surface area contributed by atoms with E-state index in [0.717, 1.165) is 35.9 Å². The van der Waals surface area contributed by atoms with Gasteiger partial charge in [0.25, 0.3) is 0 Å². The van der Waals surface area contributed by atoms with Gasteiger partial charge >= 0.3 is 0 Å². The summed E-state index contributed by atoms with van der Waals surface area (Å²) >= 11 is 0. The normalized spacial score (nSPS) is 18.6. The summed E-state index contributed by atoms with van der Waals surface area (Å²) in [6.07, 6.45) is 3.79. The maximum atomic E-state index is 12.0. The number of rotatable bonds is 3. The molecular formula is C15H17N3O. The fraction of sp³-hybridized carbons (Fsp3) is 0.333. The molecule has 0 saturated carbocycles. The lowest BCUT2D eigenvalue weighted by Gasteiger charge is -2.12. The summed E-state index contributed by atoms with van der Waals surface area (Å²) in [6.45, 7) is 1.47. The van der Waals surface area contributed by atoms with Crippen LogP contribution in [-0.4, -0.2) is 23.5 Å². The van der Waals surface area contributed by atoms with Gasteiger partial charge in [0.15, 0.2) is 0 Å². The molecule has 1 unspecified atom stereocenters. The predicted molar refractivity (Wildman–Crippen MR) is 74.6 cm³/mol. The summed E-state index contributed by atoms with van der Waals surface area (Å²) < 4.78 is 0. The van der Waals surface area contributed by atoms with Crippen LogP contribution < -0.4 is 10.6 Å². The number of pyridine rings is 1. The van der Waals surface area contributed by atoms with Gasteiger partial charge in [0.1, 0.15) is 0 Å². The molecule has 1 aliphatic heterocycles. The third kappa shape index (κ3) is 2.58. The van der Waals surface area contributed by atoms with Crippen LogP contribution in [0.1, 0.15) is 18.4 Å². The number of carbonyl (C=O) groups excluding carboxylic acids is 1. The first-order chi connectivity index (χ1) is 9.34. The topological polar surface area (TPSA) is 54.0 Å². The van der Waals surface area contributed by atoms with Crippen LogP contribution in [0.15, 0.2) is 36.5 Å². The maximum Gasteiger partial charge on any atom is 0.237 e. The fourth-order valence-corrected chi connectivity index (χ4v) is 2.52. The highest BCUT2D eigenvalue weighted by molar-refractivity contribution is 5.84. The molecule has 2 heterocycles. The minimum Gasteiger partial charge on any atom is -0.351 e. The minimum absolute atomic E-state index is 0.0251. The van der Waals surface area contributed by atoms with Gasteiger partial charge in [-0.25, -0.2) is 0 Å². The van der Waals surface area contributed by atoms with E-state index in [1.807, 2.05) is 30.3 Å². The van der Waals surface area contributed by atoms with E-state index in [1.54, 1.807) is 6.20 Å². The number of hydrogen-bond acceptors (Lipinski definition) is 3. The fourth-order valence-electron chi connectivity index (χ4n) is 2.52. The third-order valence-electron chi connectivity index (χ3n) is 3.55. The van der Waals surface area contributed by atoms with Crippen molar-refractivity contribution in [1.29, 1.82) is 0 Å². The molecule has 1 amide bonds. The molecule has 4 nitrogen and oxygen atoms in total. The van der Waals surface area contributed by atoms with Crippen molar-refractivity contribution in [2.75, 3.05) is 6.54 Å². The minimum atomic E-state index is -0.0251. The smallest absolute Gasteiger partial charge is 0.237 e. The number of para-hydroxylation sites is 1. The van der Waals surface area contributed by atoms with Crippen molar-refractivity contribution in [3.8, 4) is 0 Å². The lowest BCUT2D eigenvalue weighted by molar-refractivity contribution is -0.122. The Balaban J connectivity index is 1.73. The zero-order valence-electron chi connectivity index (χ0n) is 10.7. The second kappa shape index (κ2) is 5.36. The Hall–Kier alpha value is -1.94. The van der Waals surface area contributed by atoms with Crippen molar-refractivity contribution in [3.05, 3.63) is 42.1 Å². The first-order valence-electron chi connectivity index (χ1n) is 6.68. The van der Waals surface area contributed by atoms with Crippen molar-refractivity contribution < 1.29 is 4.79 Å². The van der Waals surface area contributed by atoms with Crippen LogP contribution in [0.2, 0.25) is 0 Å². The monoisotopic (exact) mass is 255 g/mol. The molecule has 4 heteroatoms. The van der Waals surface area contributed by atoms with E-state index in [-0.39, 0.29) is 11.9 Å². The van der Waals surface area contributed by atoms with Gasteiger partial charge in [-0.2, -0.15) is 0 Å². The van der Waals surface area contributed by atoms with E-state index in [4.69, 9.17) is 0 Å². The summed E-state index contributed by atoms with van der Waals surface area (Å²) in [5.74, 6) is 0.0884. The average molecular weight is 255 g/mol. The lowest BCUT2D eigenvalue weighted by atomic mass is 10.1. The number of hydrogen-bond donors (Lipinski definition) is 2. The third-order valence-corrected chi connectivity index (χ3v) is 3.55. The second-order valence-corrected chi connectivity index (χ2v) is 4.86. The number of carbonyl (C=O) groups is 1. The average Bonchev–Trinajstić information content (AvgIpc) is 2.99. The van der Waals surface area contributed by atoms with Crippen LogP contribution in [-0.2, 0) is 11.3 Å². The highest BCUT2D eigenvalue weighted by Gasteiger charge is 2.21. The molecule has 2 aromatic rings. The summed E-state index contributed by atoms with van der Waals surface area (Å²) in [4.78, 5) is 16.4. The molecule has 19 heavy (non-hydrogen) atoms. The Morgan fingerprint density at radius 1 is 1.37 bits per heavy atom. The number of aromatic nitrogens is 1. The van der Waals surface area contributed by atoms with E-state index in [0.29, 0.717) is 6.54 Å². The molecule has 3 rings (SSSR count). The zero-order chi connectivity index (χ0) is 13.1. The molecule has 0 spiro atoms. The largest absolute Gasteiger partial charge is 0.351 e. The van der Waals surface area contributed by atoms with Gasteiger partial charge in [-0.3, -0.25) is 9.78 Å². The van der Waals surface area contributed by atoms with Crippen molar-refractivity contribution in [3.63, 3.8) is 0 Å². The second-order valence-electron chi connectivity index (χ2n) is 4.86. The molecule has 1 fully saturated rings. The van der Waals surface area contributed by atoms with Crippen molar-refractivity contribution in [2.45, 2.75) is 25.4 Å². The Labute approximate surface area is 112 Å². The molecule has 1 atom stereocenters. The molecule has 1 saturated heterocycles.